The first-order chi connectivity index (χ1) is 10.1. The molecule has 0 saturated carbocycles. The number of benzene rings is 1. The van der Waals surface area contributed by atoms with Gasteiger partial charge in [-0.3, -0.25) is 0 Å². The van der Waals surface area contributed by atoms with Crippen molar-refractivity contribution < 1.29 is 14.2 Å². The van der Waals surface area contributed by atoms with Crippen LogP contribution in [0, 0.1) is 12.7 Å². The van der Waals surface area contributed by atoms with Crippen LogP contribution >= 0.6 is 0 Å². The second kappa shape index (κ2) is 5.69. The molecule has 2 heterocycles. The van der Waals surface area contributed by atoms with Crippen LogP contribution in [-0.2, 0) is 4.74 Å². The lowest BCUT2D eigenvalue weighted by atomic mass is 10.0. The number of phenols is 1. The predicted molar refractivity (Wildman–Crippen MR) is 79.1 cm³/mol. The lowest BCUT2D eigenvalue weighted by Gasteiger charge is -2.29. The first-order valence-electron chi connectivity index (χ1n) is 6.93. The van der Waals surface area contributed by atoms with E-state index in [0.29, 0.717) is 24.3 Å². The van der Waals surface area contributed by atoms with Crippen molar-refractivity contribution in [3.05, 3.63) is 41.8 Å². The highest BCUT2D eigenvalue weighted by Gasteiger charge is 2.16. The molecule has 21 heavy (non-hydrogen) atoms. The number of phenolic OH excluding ortho intramolecular Hbond substituents is 1. The molecule has 1 aromatic carbocycles. The average molecular weight is 288 g/mol. The van der Waals surface area contributed by atoms with Crippen LogP contribution in [0.2, 0.25) is 0 Å². The fourth-order valence-electron chi connectivity index (χ4n) is 2.56. The van der Waals surface area contributed by atoms with Gasteiger partial charge in [0.15, 0.2) is 0 Å². The number of aromatic hydroxyl groups is 1. The van der Waals surface area contributed by atoms with E-state index in [4.69, 9.17) is 4.74 Å². The molecule has 0 atom stereocenters. The molecular weight excluding hydrogens is 271 g/mol. The summed E-state index contributed by atoms with van der Waals surface area (Å²) < 4.78 is 18.7. The van der Waals surface area contributed by atoms with Crippen LogP contribution in [0.1, 0.15) is 5.56 Å². The Balaban J connectivity index is 1.95. The third kappa shape index (κ3) is 2.83. The van der Waals surface area contributed by atoms with Crippen LogP contribution in [0.15, 0.2) is 30.5 Å². The number of morpholine rings is 1. The van der Waals surface area contributed by atoms with E-state index in [-0.39, 0.29) is 11.6 Å². The smallest absolute Gasteiger partial charge is 0.131 e. The zero-order valence-corrected chi connectivity index (χ0v) is 11.8. The Morgan fingerprint density at radius 3 is 2.71 bits per heavy atom. The van der Waals surface area contributed by atoms with Crippen LogP contribution in [-0.4, -0.2) is 36.4 Å². The quantitative estimate of drug-likeness (QED) is 0.923. The van der Waals surface area contributed by atoms with E-state index >= 15 is 0 Å². The molecular formula is C16H17FN2O2. The van der Waals surface area contributed by atoms with Gasteiger partial charge in [-0.05, 0) is 36.8 Å². The second-order valence-corrected chi connectivity index (χ2v) is 5.13. The maximum absolute atomic E-state index is 13.3. The summed E-state index contributed by atoms with van der Waals surface area (Å²) in [5.41, 5.74) is 2.17. The third-order valence-electron chi connectivity index (χ3n) is 3.63. The van der Waals surface area contributed by atoms with Gasteiger partial charge < -0.3 is 14.7 Å². The number of rotatable bonds is 2. The van der Waals surface area contributed by atoms with Gasteiger partial charge >= 0.3 is 0 Å². The van der Waals surface area contributed by atoms with Gasteiger partial charge in [-0.25, -0.2) is 9.37 Å². The van der Waals surface area contributed by atoms with E-state index in [2.05, 4.69) is 9.88 Å². The van der Waals surface area contributed by atoms with Gasteiger partial charge in [0.2, 0.25) is 0 Å². The molecule has 1 aliphatic rings. The summed E-state index contributed by atoms with van der Waals surface area (Å²) in [6, 6.07) is 5.84. The molecule has 0 radical (unpaired) electrons. The number of nitrogens with zero attached hydrogens (tertiary/aromatic N) is 2. The van der Waals surface area contributed by atoms with Crippen molar-refractivity contribution in [2.45, 2.75) is 6.92 Å². The molecule has 0 bridgehead atoms. The summed E-state index contributed by atoms with van der Waals surface area (Å²) in [4.78, 5) is 6.66. The first-order valence-corrected chi connectivity index (χ1v) is 6.93. The lowest BCUT2D eigenvalue weighted by molar-refractivity contribution is 0.122. The molecule has 110 valence electrons. The zero-order valence-electron chi connectivity index (χ0n) is 11.8. The van der Waals surface area contributed by atoms with E-state index < -0.39 is 0 Å². The number of anilines is 1. The number of hydrogen-bond acceptors (Lipinski definition) is 4. The van der Waals surface area contributed by atoms with Gasteiger partial charge in [0.05, 0.1) is 13.2 Å². The molecule has 0 amide bonds. The highest BCUT2D eigenvalue weighted by atomic mass is 19.1. The third-order valence-corrected chi connectivity index (χ3v) is 3.63. The van der Waals surface area contributed by atoms with E-state index in [1.165, 1.54) is 18.2 Å². The Bertz CT molecular complexity index is 655. The Morgan fingerprint density at radius 1 is 1.24 bits per heavy atom. The number of aryl methyl sites for hydroxylation is 1. The molecule has 3 rings (SSSR count). The summed E-state index contributed by atoms with van der Waals surface area (Å²) in [6.07, 6.45) is 1.67. The Labute approximate surface area is 122 Å². The van der Waals surface area contributed by atoms with Gasteiger partial charge in [-0.2, -0.15) is 0 Å². The fraction of sp³-hybridized carbons (Fsp3) is 0.312. The second-order valence-electron chi connectivity index (χ2n) is 5.13. The van der Waals surface area contributed by atoms with Crippen LogP contribution in [0.25, 0.3) is 11.1 Å². The molecule has 4 nitrogen and oxygen atoms in total. The highest BCUT2D eigenvalue weighted by Crippen LogP contribution is 2.31. The minimum atomic E-state index is -0.377. The van der Waals surface area contributed by atoms with Crippen molar-refractivity contribution in [1.82, 2.24) is 4.98 Å². The van der Waals surface area contributed by atoms with Crippen LogP contribution in [0.3, 0.4) is 0 Å². The molecule has 1 aromatic heterocycles. The number of ether oxygens (including phenoxy) is 1. The van der Waals surface area contributed by atoms with E-state index in [1.807, 2.05) is 13.0 Å². The molecule has 2 aromatic rings. The topological polar surface area (TPSA) is 45.6 Å². The number of halogens is 1. The maximum atomic E-state index is 13.3. The van der Waals surface area contributed by atoms with Gasteiger partial charge in [0.1, 0.15) is 17.4 Å². The van der Waals surface area contributed by atoms with Crippen LogP contribution in [0.4, 0.5) is 10.2 Å². The molecule has 1 fully saturated rings. The highest BCUT2D eigenvalue weighted by molar-refractivity contribution is 5.71. The fourth-order valence-corrected chi connectivity index (χ4v) is 2.56. The zero-order chi connectivity index (χ0) is 14.8. The standard InChI is InChI=1S/C16H17FN2O2/c1-11-8-12(14-9-13(17)2-3-15(14)20)10-18-16(11)19-4-6-21-7-5-19/h2-3,8-10,20H,4-7H2,1H3. The van der Waals surface area contributed by atoms with Gasteiger partial charge in [-0.15, -0.1) is 0 Å². The summed E-state index contributed by atoms with van der Waals surface area (Å²) in [6.45, 7) is 5.01. The SMILES string of the molecule is Cc1cc(-c2cc(F)ccc2O)cnc1N1CCOCC1. The largest absolute Gasteiger partial charge is 0.507 e. The molecule has 1 N–H and O–H groups in total. The van der Waals surface area contributed by atoms with E-state index in [0.717, 1.165) is 24.5 Å². The minimum Gasteiger partial charge on any atom is -0.507 e. The Kier molecular flexibility index (Phi) is 3.75. The van der Waals surface area contributed by atoms with Crippen molar-refractivity contribution in [1.29, 1.82) is 0 Å². The molecule has 1 aliphatic heterocycles. The molecule has 1 saturated heterocycles. The molecule has 0 unspecified atom stereocenters. The Hall–Kier alpha value is -2.14. The number of aromatic nitrogens is 1. The van der Waals surface area contributed by atoms with Crippen molar-refractivity contribution in [3.63, 3.8) is 0 Å². The lowest BCUT2D eigenvalue weighted by Crippen LogP contribution is -2.37. The van der Waals surface area contributed by atoms with E-state index in [9.17, 15) is 9.50 Å². The summed E-state index contributed by atoms with van der Waals surface area (Å²) in [7, 11) is 0. The number of pyridine rings is 1. The normalized spacial score (nSPS) is 15.2. The summed E-state index contributed by atoms with van der Waals surface area (Å²) >= 11 is 0. The van der Waals surface area contributed by atoms with Crippen molar-refractivity contribution in [2.24, 2.45) is 0 Å². The maximum Gasteiger partial charge on any atom is 0.131 e. The number of hydrogen-bond donors (Lipinski definition) is 1. The Morgan fingerprint density at radius 2 is 2.00 bits per heavy atom. The minimum absolute atomic E-state index is 0.0525. The van der Waals surface area contributed by atoms with Gasteiger partial charge in [-0.1, -0.05) is 0 Å². The van der Waals surface area contributed by atoms with Crippen LogP contribution < -0.4 is 4.90 Å². The van der Waals surface area contributed by atoms with Gasteiger partial charge in [0, 0.05) is 30.4 Å². The molecule has 0 spiro atoms. The molecule has 0 aliphatic carbocycles. The van der Waals surface area contributed by atoms with Crippen molar-refractivity contribution in [2.75, 3.05) is 31.2 Å². The van der Waals surface area contributed by atoms with Gasteiger partial charge in [0.25, 0.3) is 0 Å². The summed E-state index contributed by atoms with van der Waals surface area (Å²) in [5.74, 6) is 0.590. The monoisotopic (exact) mass is 288 g/mol. The van der Waals surface area contributed by atoms with E-state index in [1.54, 1.807) is 6.20 Å². The van der Waals surface area contributed by atoms with Crippen molar-refractivity contribution >= 4 is 5.82 Å². The first kappa shape index (κ1) is 13.8. The van der Waals surface area contributed by atoms with Crippen LogP contribution in [0.5, 0.6) is 5.75 Å². The van der Waals surface area contributed by atoms with Crippen molar-refractivity contribution in [3.8, 4) is 16.9 Å². The predicted octanol–water partition coefficient (Wildman–Crippen LogP) is 2.74. The molecule has 5 heteroatoms. The average Bonchev–Trinajstić information content (AvgIpc) is 2.50. The summed E-state index contributed by atoms with van der Waals surface area (Å²) in [5, 5.41) is 9.88.